The second-order valence-corrected chi connectivity index (χ2v) is 11.9. The van der Waals surface area contributed by atoms with Crippen LogP contribution >= 0.6 is 0 Å². The van der Waals surface area contributed by atoms with Crippen LogP contribution < -0.4 is 14.2 Å². The number of methoxy groups -OCH3 is 1. The van der Waals surface area contributed by atoms with Crippen molar-refractivity contribution in [2.24, 2.45) is 11.8 Å². The molecular weight excluding hydrogens is 494 g/mol. The maximum absolute atomic E-state index is 13.6. The summed E-state index contributed by atoms with van der Waals surface area (Å²) in [5, 5.41) is 9.86. The molecule has 2 aliphatic rings. The third-order valence-electron chi connectivity index (χ3n) is 7.06. The van der Waals surface area contributed by atoms with Crippen molar-refractivity contribution in [3.8, 4) is 11.5 Å². The first-order valence-electron chi connectivity index (χ1n) is 12.7. The highest BCUT2D eigenvalue weighted by atomic mass is 32.2. The van der Waals surface area contributed by atoms with E-state index in [1.54, 1.807) is 42.2 Å². The van der Waals surface area contributed by atoms with E-state index in [1.807, 2.05) is 6.92 Å². The number of ether oxygens (including phenoxy) is 2. The molecule has 2 aromatic rings. The first-order valence-corrected chi connectivity index (χ1v) is 14.2. The molecule has 37 heavy (non-hydrogen) atoms. The van der Waals surface area contributed by atoms with Gasteiger partial charge in [-0.3, -0.25) is 9.52 Å². The fourth-order valence-electron chi connectivity index (χ4n) is 4.62. The second-order valence-electron chi connectivity index (χ2n) is 10.3. The SMILES string of the molecule is COc1ccc(S(=O)(=O)Nc2cccc3c2O[C@H](CN(C)CC2CC2)[C@H](C)CN([C@H](C)CO)C3=O)cc1. The molecule has 0 unspecified atom stereocenters. The van der Waals surface area contributed by atoms with Crippen LogP contribution in [0.3, 0.4) is 0 Å². The van der Waals surface area contributed by atoms with E-state index in [-0.39, 0.29) is 46.4 Å². The number of aliphatic hydroxyl groups excluding tert-OH is 1. The quantitative estimate of drug-likeness (QED) is 0.485. The summed E-state index contributed by atoms with van der Waals surface area (Å²) in [6.07, 6.45) is 2.18. The minimum Gasteiger partial charge on any atom is -0.497 e. The highest BCUT2D eigenvalue weighted by Crippen LogP contribution is 2.36. The topological polar surface area (TPSA) is 108 Å². The molecule has 0 saturated heterocycles. The van der Waals surface area contributed by atoms with Gasteiger partial charge in [0.25, 0.3) is 15.9 Å². The largest absolute Gasteiger partial charge is 0.497 e. The Morgan fingerprint density at radius 1 is 1.19 bits per heavy atom. The third-order valence-corrected chi connectivity index (χ3v) is 8.45. The van der Waals surface area contributed by atoms with Crippen molar-refractivity contribution in [2.45, 2.75) is 43.7 Å². The highest BCUT2D eigenvalue weighted by molar-refractivity contribution is 7.92. The van der Waals surface area contributed by atoms with Gasteiger partial charge in [0.1, 0.15) is 11.9 Å². The Hall–Kier alpha value is -2.82. The van der Waals surface area contributed by atoms with Crippen molar-refractivity contribution in [1.29, 1.82) is 0 Å². The van der Waals surface area contributed by atoms with Crippen LogP contribution in [-0.4, -0.2) is 81.8 Å². The monoisotopic (exact) mass is 531 g/mol. The lowest BCUT2D eigenvalue weighted by Crippen LogP contribution is -2.50. The number of rotatable bonds is 10. The van der Waals surface area contributed by atoms with E-state index in [1.165, 1.54) is 32.1 Å². The van der Waals surface area contributed by atoms with Gasteiger partial charge in [-0.15, -0.1) is 0 Å². The summed E-state index contributed by atoms with van der Waals surface area (Å²) >= 11 is 0. The smallest absolute Gasteiger partial charge is 0.262 e. The summed E-state index contributed by atoms with van der Waals surface area (Å²) in [7, 11) is -0.394. The molecule has 4 rings (SSSR count). The number of benzene rings is 2. The van der Waals surface area contributed by atoms with Gasteiger partial charge in [-0.25, -0.2) is 8.42 Å². The molecule has 9 nitrogen and oxygen atoms in total. The predicted octanol–water partition coefficient (Wildman–Crippen LogP) is 3.06. The zero-order valence-corrected chi connectivity index (χ0v) is 22.7. The summed E-state index contributed by atoms with van der Waals surface area (Å²) < 4.78 is 40.8. The molecule has 0 aromatic heterocycles. The fraction of sp³-hybridized carbons (Fsp3) is 0.519. The van der Waals surface area contributed by atoms with Crippen LogP contribution in [0.4, 0.5) is 5.69 Å². The Morgan fingerprint density at radius 3 is 2.51 bits per heavy atom. The standard InChI is InChI=1S/C27H37N3O6S/c1-18-14-30(19(2)17-31)27(32)23-6-5-7-24(26(23)36-25(18)16-29(3)15-20-8-9-20)28-37(33,34)22-12-10-21(35-4)11-13-22/h5-7,10-13,18-20,25,28,31H,8-9,14-17H2,1-4H3/t18-,19-,25-/m1/s1. The third kappa shape index (κ3) is 6.37. The van der Waals surface area contributed by atoms with Gasteiger partial charge in [0.15, 0.2) is 5.75 Å². The summed E-state index contributed by atoms with van der Waals surface area (Å²) in [4.78, 5) is 17.6. The molecular formula is C27H37N3O6S. The van der Waals surface area contributed by atoms with Crippen LogP contribution in [0.15, 0.2) is 47.4 Å². The Kier molecular flexibility index (Phi) is 8.30. The fourth-order valence-corrected chi connectivity index (χ4v) is 5.69. The van der Waals surface area contributed by atoms with Gasteiger partial charge < -0.3 is 24.4 Å². The Balaban J connectivity index is 1.71. The summed E-state index contributed by atoms with van der Waals surface area (Å²) in [5.41, 5.74) is 0.458. The summed E-state index contributed by atoms with van der Waals surface area (Å²) in [5.74, 6) is 1.09. The van der Waals surface area contributed by atoms with Crippen molar-refractivity contribution in [2.75, 3.05) is 45.1 Å². The van der Waals surface area contributed by atoms with Gasteiger partial charge in [-0.1, -0.05) is 13.0 Å². The number of likely N-dealkylation sites (N-methyl/N-ethyl adjacent to an activating group) is 1. The predicted molar refractivity (Wildman–Crippen MR) is 142 cm³/mol. The molecule has 1 aliphatic heterocycles. The first kappa shape index (κ1) is 27.2. The van der Waals surface area contributed by atoms with Crippen LogP contribution in [0, 0.1) is 11.8 Å². The molecule has 1 heterocycles. The molecule has 0 radical (unpaired) electrons. The number of aliphatic hydroxyl groups is 1. The van der Waals surface area contributed by atoms with Crippen LogP contribution in [0.1, 0.15) is 37.0 Å². The number of para-hydroxylation sites is 1. The molecule has 202 valence electrons. The second kappa shape index (κ2) is 11.3. The maximum Gasteiger partial charge on any atom is 0.262 e. The number of nitrogens with zero attached hydrogens (tertiary/aromatic N) is 2. The van der Waals surface area contributed by atoms with E-state index >= 15 is 0 Å². The van der Waals surface area contributed by atoms with Crippen molar-refractivity contribution in [3.63, 3.8) is 0 Å². The minimum atomic E-state index is -3.97. The van der Waals surface area contributed by atoms with Crippen molar-refractivity contribution >= 4 is 21.6 Å². The van der Waals surface area contributed by atoms with E-state index in [0.717, 1.165) is 6.54 Å². The zero-order valence-electron chi connectivity index (χ0n) is 21.9. The van der Waals surface area contributed by atoms with Crippen molar-refractivity contribution < 1.29 is 27.8 Å². The lowest BCUT2D eigenvalue weighted by molar-refractivity contribution is 0.0346. The van der Waals surface area contributed by atoms with Gasteiger partial charge in [-0.05, 0) is 69.1 Å². The van der Waals surface area contributed by atoms with Gasteiger partial charge in [-0.2, -0.15) is 0 Å². The van der Waals surface area contributed by atoms with Crippen molar-refractivity contribution in [1.82, 2.24) is 9.80 Å². The minimum absolute atomic E-state index is 0.0565. The van der Waals surface area contributed by atoms with Crippen LogP contribution in [0.25, 0.3) is 0 Å². The van der Waals surface area contributed by atoms with Gasteiger partial charge in [0.05, 0.1) is 35.9 Å². The average molecular weight is 532 g/mol. The van der Waals surface area contributed by atoms with Gasteiger partial charge in [0, 0.05) is 25.6 Å². The maximum atomic E-state index is 13.6. The highest BCUT2D eigenvalue weighted by Gasteiger charge is 2.35. The Labute approximate surface area is 219 Å². The van der Waals surface area contributed by atoms with Crippen LogP contribution in [0.5, 0.6) is 11.5 Å². The molecule has 1 saturated carbocycles. The number of carbonyl (C=O) groups excluding carboxylic acids is 1. The van der Waals surface area contributed by atoms with E-state index in [2.05, 4.69) is 16.7 Å². The lowest BCUT2D eigenvalue weighted by atomic mass is 9.99. The zero-order chi connectivity index (χ0) is 26.7. The molecule has 0 bridgehead atoms. The molecule has 2 N–H and O–H groups in total. The molecule has 0 spiro atoms. The van der Waals surface area contributed by atoms with Gasteiger partial charge in [0.2, 0.25) is 0 Å². The summed E-state index contributed by atoms with van der Waals surface area (Å²) in [6.45, 7) is 5.67. The molecule has 1 amide bonds. The lowest BCUT2D eigenvalue weighted by Gasteiger charge is -2.38. The molecule has 10 heteroatoms. The molecule has 1 aliphatic carbocycles. The number of hydrogen-bond donors (Lipinski definition) is 2. The number of nitrogens with one attached hydrogen (secondary N) is 1. The number of carbonyl (C=O) groups is 1. The van der Waals surface area contributed by atoms with E-state index < -0.39 is 16.1 Å². The molecule has 1 fully saturated rings. The molecule has 3 atom stereocenters. The number of amides is 1. The number of sulfonamides is 1. The number of fused-ring (bicyclic) bond motifs is 1. The average Bonchev–Trinajstić information content (AvgIpc) is 3.69. The van der Waals surface area contributed by atoms with E-state index in [4.69, 9.17) is 9.47 Å². The summed E-state index contributed by atoms with van der Waals surface area (Å²) in [6, 6.07) is 10.5. The van der Waals surface area contributed by atoms with Crippen LogP contribution in [0.2, 0.25) is 0 Å². The number of hydrogen-bond acceptors (Lipinski definition) is 7. The van der Waals surface area contributed by atoms with Crippen molar-refractivity contribution in [3.05, 3.63) is 48.0 Å². The van der Waals surface area contributed by atoms with Gasteiger partial charge >= 0.3 is 0 Å². The number of anilines is 1. The Bertz CT molecular complexity index is 1200. The van der Waals surface area contributed by atoms with E-state index in [9.17, 15) is 18.3 Å². The Morgan fingerprint density at radius 2 is 1.89 bits per heavy atom. The first-order chi connectivity index (χ1) is 17.6. The molecule has 2 aromatic carbocycles. The van der Waals surface area contributed by atoms with Crippen LogP contribution in [-0.2, 0) is 10.0 Å². The van der Waals surface area contributed by atoms with E-state index in [0.29, 0.717) is 24.8 Å². The normalized spacial score (nSPS) is 21.0.